The number of ether oxygens (including phenoxy) is 2. The standard InChI is InChI=1S/C23H30FN5O2/c1-5-20-17-11-16(18-14-26-28(4)23(18)31-15(3)13-25-6-2)19(24)12-21(17)29(27-20)22-9-7-8-10-30-22/h5,11-12,14-15,22,25H,1,6-10,13H2,2-4H3/t15-,22?/m0/s1. The third-order valence-electron chi connectivity index (χ3n) is 5.61. The molecule has 166 valence electrons. The van der Waals surface area contributed by atoms with Gasteiger partial charge in [-0.25, -0.2) is 13.8 Å². The maximum Gasteiger partial charge on any atom is 0.220 e. The molecule has 1 N–H and O–H groups in total. The summed E-state index contributed by atoms with van der Waals surface area (Å²) in [5, 5.41) is 13.1. The van der Waals surface area contributed by atoms with Crippen LogP contribution in [0.2, 0.25) is 0 Å². The van der Waals surface area contributed by atoms with E-state index in [-0.39, 0.29) is 18.1 Å². The van der Waals surface area contributed by atoms with Crippen molar-refractivity contribution in [2.24, 2.45) is 7.05 Å². The Labute approximate surface area is 181 Å². The van der Waals surface area contributed by atoms with Crippen molar-refractivity contribution in [1.82, 2.24) is 24.9 Å². The molecule has 0 radical (unpaired) electrons. The van der Waals surface area contributed by atoms with Crippen LogP contribution in [0.15, 0.2) is 24.9 Å². The topological polar surface area (TPSA) is 66.1 Å². The van der Waals surface area contributed by atoms with Crippen LogP contribution in [0, 0.1) is 5.82 Å². The molecular weight excluding hydrogens is 397 g/mol. The minimum absolute atomic E-state index is 0.0872. The molecule has 3 aromatic rings. The Morgan fingerprint density at radius 2 is 2.23 bits per heavy atom. The van der Waals surface area contributed by atoms with Gasteiger partial charge in [0.15, 0.2) is 6.23 Å². The first kappa shape index (κ1) is 21.5. The zero-order chi connectivity index (χ0) is 22.0. The van der Waals surface area contributed by atoms with Crippen molar-refractivity contribution in [2.75, 3.05) is 19.7 Å². The summed E-state index contributed by atoms with van der Waals surface area (Å²) < 4.78 is 30.8. The van der Waals surface area contributed by atoms with Crippen LogP contribution in [-0.2, 0) is 11.8 Å². The lowest BCUT2D eigenvalue weighted by atomic mass is 10.0. The minimum Gasteiger partial charge on any atom is -0.473 e. The van der Waals surface area contributed by atoms with Crippen LogP contribution in [0.4, 0.5) is 4.39 Å². The summed E-state index contributed by atoms with van der Waals surface area (Å²) >= 11 is 0. The zero-order valence-electron chi connectivity index (χ0n) is 18.4. The second kappa shape index (κ2) is 9.20. The van der Waals surface area contributed by atoms with Gasteiger partial charge in [0.05, 0.1) is 23.0 Å². The zero-order valence-corrected chi connectivity index (χ0v) is 18.4. The first-order valence-corrected chi connectivity index (χ1v) is 10.9. The molecular formula is C23H30FN5O2. The van der Waals surface area contributed by atoms with Crippen LogP contribution in [0.1, 0.15) is 45.0 Å². The predicted octanol–water partition coefficient (Wildman–Crippen LogP) is 4.29. The molecule has 7 nitrogen and oxygen atoms in total. The largest absolute Gasteiger partial charge is 0.473 e. The fourth-order valence-corrected chi connectivity index (χ4v) is 4.01. The van der Waals surface area contributed by atoms with Gasteiger partial charge in [-0.05, 0) is 44.9 Å². The van der Waals surface area contributed by atoms with Gasteiger partial charge in [0.1, 0.15) is 11.9 Å². The monoisotopic (exact) mass is 427 g/mol. The van der Waals surface area contributed by atoms with E-state index < -0.39 is 0 Å². The number of likely N-dealkylation sites (N-methyl/N-ethyl adjacent to an activating group) is 1. The Kier molecular flexibility index (Phi) is 6.38. The maximum atomic E-state index is 15.4. The van der Waals surface area contributed by atoms with Gasteiger partial charge in [-0.3, -0.25) is 0 Å². The molecule has 3 heterocycles. The molecule has 8 heteroatoms. The smallest absolute Gasteiger partial charge is 0.220 e. The Morgan fingerprint density at radius 1 is 1.39 bits per heavy atom. The molecule has 1 saturated heterocycles. The highest BCUT2D eigenvalue weighted by Crippen LogP contribution is 2.37. The number of rotatable bonds is 8. The lowest BCUT2D eigenvalue weighted by Crippen LogP contribution is -2.29. The van der Waals surface area contributed by atoms with E-state index >= 15 is 4.39 Å². The quantitative estimate of drug-likeness (QED) is 0.581. The van der Waals surface area contributed by atoms with Crippen molar-refractivity contribution >= 4 is 17.0 Å². The molecule has 0 amide bonds. The van der Waals surface area contributed by atoms with Crippen LogP contribution in [0.3, 0.4) is 0 Å². The summed E-state index contributed by atoms with van der Waals surface area (Å²) in [6.45, 7) is 10.2. The Morgan fingerprint density at radius 3 is 2.94 bits per heavy atom. The summed E-state index contributed by atoms with van der Waals surface area (Å²) in [6.07, 6.45) is 6.04. The summed E-state index contributed by atoms with van der Waals surface area (Å²) in [5.41, 5.74) is 2.45. The van der Waals surface area contributed by atoms with Crippen molar-refractivity contribution in [3.8, 4) is 17.0 Å². The Hall–Kier alpha value is -2.71. The summed E-state index contributed by atoms with van der Waals surface area (Å²) in [6, 6.07) is 3.34. The van der Waals surface area contributed by atoms with Crippen LogP contribution in [0.5, 0.6) is 5.88 Å². The number of hydrogen-bond donors (Lipinski definition) is 1. The number of benzene rings is 1. The Balaban J connectivity index is 1.76. The number of nitrogens with zero attached hydrogens (tertiary/aromatic N) is 4. The number of fused-ring (bicyclic) bond motifs is 1. The predicted molar refractivity (Wildman–Crippen MR) is 119 cm³/mol. The van der Waals surface area contributed by atoms with Gasteiger partial charge in [-0.2, -0.15) is 10.2 Å². The molecule has 0 spiro atoms. The average molecular weight is 428 g/mol. The number of nitrogens with one attached hydrogen (secondary N) is 1. The molecule has 1 aliphatic rings. The highest BCUT2D eigenvalue weighted by atomic mass is 19.1. The molecule has 31 heavy (non-hydrogen) atoms. The van der Waals surface area contributed by atoms with E-state index in [1.807, 2.05) is 19.9 Å². The average Bonchev–Trinajstić information content (AvgIpc) is 3.32. The summed E-state index contributed by atoms with van der Waals surface area (Å²) in [4.78, 5) is 0. The van der Waals surface area contributed by atoms with Crippen molar-refractivity contribution in [3.63, 3.8) is 0 Å². The molecule has 1 aliphatic heterocycles. The van der Waals surface area contributed by atoms with E-state index in [1.54, 1.807) is 28.7 Å². The van der Waals surface area contributed by atoms with Gasteiger partial charge in [-0.15, -0.1) is 0 Å². The van der Waals surface area contributed by atoms with Gasteiger partial charge in [0.25, 0.3) is 0 Å². The molecule has 4 rings (SSSR count). The van der Waals surface area contributed by atoms with Gasteiger partial charge in [-0.1, -0.05) is 13.5 Å². The molecule has 1 fully saturated rings. The minimum atomic E-state index is -0.350. The number of aryl methyl sites for hydroxylation is 1. The van der Waals surface area contributed by atoms with E-state index in [0.717, 1.165) is 31.2 Å². The van der Waals surface area contributed by atoms with Gasteiger partial charge >= 0.3 is 0 Å². The summed E-state index contributed by atoms with van der Waals surface area (Å²) in [7, 11) is 1.79. The summed E-state index contributed by atoms with van der Waals surface area (Å²) in [5.74, 6) is 0.184. The normalized spacial score (nSPS) is 17.7. The van der Waals surface area contributed by atoms with Crippen molar-refractivity contribution in [3.05, 3.63) is 36.4 Å². The molecule has 2 aromatic heterocycles. The number of halogens is 1. The number of aromatic nitrogens is 4. The van der Waals surface area contributed by atoms with E-state index in [4.69, 9.17) is 9.47 Å². The van der Waals surface area contributed by atoms with Crippen LogP contribution >= 0.6 is 0 Å². The maximum absolute atomic E-state index is 15.4. The van der Waals surface area contributed by atoms with E-state index in [1.165, 1.54) is 6.07 Å². The second-order valence-electron chi connectivity index (χ2n) is 7.93. The number of hydrogen-bond acceptors (Lipinski definition) is 5. The van der Waals surface area contributed by atoms with Gasteiger partial charge in [0, 0.05) is 37.2 Å². The second-order valence-corrected chi connectivity index (χ2v) is 7.93. The highest BCUT2D eigenvalue weighted by molar-refractivity contribution is 5.91. The van der Waals surface area contributed by atoms with E-state index in [9.17, 15) is 0 Å². The van der Waals surface area contributed by atoms with Crippen molar-refractivity contribution in [1.29, 1.82) is 0 Å². The highest BCUT2D eigenvalue weighted by Gasteiger charge is 2.24. The fraction of sp³-hybridized carbons (Fsp3) is 0.478. The molecule has 0 aliphatic carbocycles. The molecule has 0 bridgehead atoms. The lowest BCUT2D eigenvalue weighted by molar-refractivity contribution is -0.0367. The molecule has 2 atom stereocenters. The fourth-order valence-electron chi connectivity index (χ4n) is 4.01. The van der Waals surface area contributed by atoms with Gasteiger partial charge in [0.2, 0.25) is 5.88 Å². The van der Waals surface area contributed by atoms with Crippen molar-refractivity contribution < 1.29 is 13.9 Å². The molecule has 1 aromatic carbocycles. The van der Waals surface area contributed by atoms with E-state index in [2.05, 4.69) is 22.1 Å². The third-order valence-corrected chi connectivity index (χ3v) is 5.61. The Bertz CT molecular complexity index is 1070. The first-order chi connectivity index (χ1) is 15.0. The molecule has 0 saturated carbocycles. The van der Waals surface area contributed by atoms with Crippen LogP contribution in [0.25, 0.3) is 28.1 Å². The third kappa shape index (κ3) is 4.22. The van der Waals surface area contributed by atoms with Gasteiger partial charge < -0.3 is 14.8 Å². The lowest BCUT2D eigenvalue weighted by Gasteiger charge is -2.23. The van der Waals surface area contributed by atoms with Crippen LogP contribution in [-0.4, -0.2) is 45.4 Å². The van der Waals surface area contributed by atoms with E-state index in [0.29, 0.717) is 41.4 Å². The first-order valence-electron chi connectivity index (χ1n) is 10.9. The SMILES string of the molecule is C=Cc1nn(C2CCCCO2)c2cc(F)c(-c3cnn(C)c3O[C@@H](C)CNCC)cc12. The van der Waals surface area contributed by atoms with Crippen LogP contribution < -0.4 is 10.1 Å². The molecule has 1 unspecified atom stereocenters. The van der Waals surface area contributed by atoms with Crippen molar-refractivity contribution in [2.45, 2.75) is 45.4 Å².